The van der Waals surface area contributed by atoms with Crippen molar-refractivity contribution in [1.29, 1.82) is 0 Å². The molecule has 2 unspecified atom stereocenters. The van der Waals surface area contributed by atoms with Crippen LogP contribution in [0.1, 0.15) is 42.4 Å². The molecule has 1 fully saturated rings. The number of nitrogens with one attached hydrogen (secondary N) is 2. The van der Waals surface area contributed by atoms with Gasteiger partial charge in [0.2, 0.25) is 0 Å². The number of aliphatic hydroxyl groups excluding tert-OH is 1. The highest BCUT2D eigenvalue weighted by Crippen LogP contribution is 2.40. The summed E-state index contributed by atoms with van der Waals surface area (Å²) in [7, 11) is 0. The van der Waals surface area contributed by atoms with Crippen molar-refractivity contribution in [3.63, 3.8) is 0 Å². The molecule has 2 atom stereocenters. The molecule has 1 aliphatic rings. The molecule has 10 heteroatoms. The summed E-state index contributed by atoms with van der Waals surface area (Å²) in [6.07, 6.45) is -3.46. The Morgan fingerprint density at radius 3 is 2.48 bits per heavy atom. The standard InChI is InChI=1S/C23H27F3N4O2S/c1-21(2,3)30-12-17(13-31)22(14-30,18-11-16(9-10-27-18)23(24,25)26)29-20(33)28-19(32)15-7-5-4-6-8-15/h4-11,17,31H,12-14H2,1-3H3,(H2,28,29,32,33). The molecule has 2 heterocycles. The van der Waals surface area contributed by atoms with Crippen LogP contribution in [0.2, 0.25) is 0 Å². The van der Waals surface area contributed by atoms with Crippen molar-refractivity contribution in [2.75, 3.05) is 19.7 Å². The number of rotatable bonds is 4. The molecule has 1 saturated heterocycles. The second kappa shape index (κ2) is 9.36. The number of aliphatic hydroxyl groups is 1. The van der Waals surface area contributed by atoms with Gasteiger partial charge in [0, 0.05) is 42.9 Å². The van der Waals surface area contributed by atoms with Crippen LogP contribution in [0.5, 0.6) is 0 Å². The molecule has 0 spiro atoms. The molecular weight excluding hydrogens is 453 g/mol. The van der Waals surface area contributed by atoms with E-state index in [-0.39, 0.29) is 29.5 Å². The zero-order valence-corrected chi connectivity index (χ0v) is 19.4. The minimum atomic E-state index is -4.56. The Kier molecular flexibility index (Phi) is 7.11. The van der Waals surface area contributed by atoms with Gasteiger partial charge in [-0.15, -0.1) is 0 Å². The number of benzene rings is 1. The Labute approximate surface area is 196 Å². The normalized spacial score (nSPS) is 21.6. The summed E-state index contributed by atoms with van der Waals surface area (Å²) in [4.78, 5) is 18.9. The molecule has 0 radical (unpaired) electrons. The summed E-state index contributed by atoms with van der Waals surface area (Å²) < 4.78 is 40.4. The van der Waals surface area contributed by atoms with Crippen molar-refractivity contribution < 1.29 is 23.1 Å². The molecule has 3 N–H and O–H groups in total. The van der Waals surface area contributed by atoms with Crippen molar-refractivity contribution in [3.05, 3.63) is 65.5 Å². The number of hydrogen-bond acceptors (Lipinski definition) is 5. The van der Waals surface area contributed by atoms with Gasteiger partial charge < -0.3 is 10.4 Å². The number of thiocarbonyl (C=S) groups is 1. The minimum Gasteiger partial charge on any atom is -0.396 e. The smallest absolute Gasteiger partial charge is 0.396 e. The summed E-state index contributed by atoms with van der Waals surface area (Å²) >= 11 is 5.38. The SMILES string of the molecule is CC(C)(C)N1CC(CO)C(NC(=S)NC(=O)c2ccccc2)(c2cc(C(F)(F)F)ccn2)C1. The maximum atomic E-state index is 13.5. The lowest BCUT2D eigenvalue weighted by Gasteiger charge is -2.37. The lowest BCUT2D eigenvalue weighted by Crippen LogP contribution is -2.57. The first kappa shape index (κ1) is 25.1. The van der Waals surface area contributed by atoms with E-state index in [1.165, 1.54) is 0 Å². The van der Waals surface area contributed by atoms with Crippen molar-refractivity contribution in [1.82, 2.24) is 20.5 Å². The van der Waals surface area contributed by atoms with E-state index in [9.17, 15) is 23.1 Å². The van der Waals surface area contributed by atoms with Crippen LogP contribution in [0.4, 0.5) is 13.2 Å². The highest BCUT2D eigenvalue weighted by atomic mass is 32.1. The number of carbonyl (C=O) groups excluding carboxylic acids is 1. The molecular formula is C23H27F3N4O2S. The summed E-state index contributed by atoms with van der Waals surface area (Å²) in [5.74, 6) is -0.981. The van der Waals surface area contributed by atoms with E-state index in [1.807, 2.05) is 25.7 Å². The Morgan fingerprint density at radius 1 is 1.24 bits per heavy atom. The van der Waals surface area contributed by atoms with Crippen LogP contribution in [-0.2, 0) is 11.7 Å². The summed E-state index contributed by atoms with van der Waals surface area (Å²) in [6.45, 7) is 6.26. The molecule has 33 heavy (non-hydrogen) atoms. The number of aromatic nitrogens is 1. The van der Waals surface area contributed by atoms with Gasteiger partial charge in [-0.05, 0) is 57.3 Å². The van der Waals surface area contributed by atoms with Crippen LogP contribution in [0.15, 0.2) is 48.7 Å². The van der Waals surface area contributed by atoms with Crippen LogP contribution in [0.3, 0.4) is 0 Å². The van der Waals surface area contributed by atoms with Gasteiger partial charge in [-0.1, -0.05) is 18.2 Å². The van der Waals surface area contributed by atoms with E-state index in [0.29, 0.717) is 12.1 Å². The van der Waals surface area contributed by atoms with E-state index < -0.39 is 29.1 Å². The van der Waals surface area contributed by atoms with Crippen molar-refractivity contribution in [2.45, 2.75) is 38.0 Å². The highest BCUT2D eigenvalue weighted by Gasteiger charge is 2.52. The Balaban J connectivity index is 1.99. The van der Waals surface area contributed by atoms with Gasteiger partial charge in [0.1, 0.15) is 5.54 Å². The van der Waals surface area contributed by atoms with Crippen LogP contribution in [0, 0.1) is 5.92 Å². The first-order valence-corrected chi connectivity index (χ1v) is 10.9. The van der Waals surface area contributed by atoms with Crippen LogP contribution >= 0.6 is 12.2 Å². The van der Waals surface area contributed by atoms with Gasteiger partial charge in [-0.25, -0.2) is 0 Å². The van der Waals surface area contributed by atoms with Gasteiger partial charge in [0.05, 0.1) is 11.3 Å². The minimum absolute atomic E-state index is 0.0581. The molecule has 0 aliphatic carbocycles. The van der Waals surface area contributed by atoms with E-state index in [2.05, 4.69) is 15.6 Å². The van der Waals surface area contributed by atoms with E-state index in [1.54, 1.807) is 30.3 Å². The Bertz CT molecular complexity index is 1010. The molecule has 1 amide bonds. The number of pyridine rings is 1. The molecule has 0 bridgehead atoms. The van der Waals surface area contributed by atoms with Crippen LogP contribution in [-0.4, -0.2) is 51.2 Å². The van der Waals surface area contributed by atoms with Crippen LogP contribution < -0.4 is 10.6 Å². The summed E-state index contributed by atoms with van der Waals surface area (Å²) in [6, 6.07) is 10.3. The second-order valence-electron chi connectivity index (χ2n) is 9.10. The number of amides is 1. The molecule has 178 valence electrons. The van der Waals surface area contributed by atoms with Crippen molar-refractivity contribution in [3.8, 4) is 0 Å². The number of carbonyl (C=O) groups is 1. The molecule has 6 nitrogen and oxygen atoms in total. The fraction of sp³-hybridized carbons (Fsp3) is 0.435. The Morgan fingerprint density at radius 2 is 1.91 bits per heavy atom. The molecule has 3 rings (SSSR count). The first-order chi connectivity index (χ1) is 15.4. The topological polar surface area (TPSA) is 77.5 Å². The average molecular weight is 481 g/mol. The lowest BCUT2D eigenvalue weighted by molar-refractivity contribution is -0.137. The second-order valence-corrected chi connectivity index (χ2v) is 9.51. The third-order valence-electron chi connectivity index (χ3n) is 5.89. The van der Waals surface area contributed by atoms with Gasteiger partial charge in [-0.2, -0.15) is 13.2 Å². The largest absolute Gasteiger partial charge is 0.416 e. The van der Waals surface area contributed by atoms with E-state index in [0.717, 1.165) is 18.3 Å². The summed E-state index contributed by atoms with van der Waals surface area (Å²) in [5.41, 5.74) is -1.94. The number of nitrogens with zero attached hydrogens (tertiary/aromatic N) is 2. The third kappa shape index (κ3) is 5.51. The first-order valence-electron chi connectivity index (χ1n) is 10.4. The average Bonchev–Trinajstić information content (AvgIpc) is 3.13. The van der Waals surface area contributed by atoms with Crippen molar-refractivity contribution >= 4 is 23.2 Å². The number of halogens is 3. The number of hydrogen-bond donors (Lipinski definition) is 3. The number of alkyl halides is 3. The zero-order chi connectivity index (χ0) is 24.4. The molecule has 0 saturated carbocycles. The zero-order valence-electron chi connectivity index (χ0n) is 18.6. The third-order valence-corrected chi connectivity index (χ3v) is 6.10. The van der Waals surface area contributed by atoms with Gasteiger partial charge in [0.15, 0.2) is 5.11 Å². The van der Waals surface area contributed by atoms with E-state index in [4.69, 9.17) is 12.2 Å². The van der Waals surface area contributed by atoms with Gasteiger partial charge in [0.25, 0.3) is 5.91 Å². The molecule has 2 aromatic rings. The predicted octanol–water partition coefficient (Wildman–Crippen LogP) is 3.32. The highest BCUT2D eigenvalue weighted by molar-refractivity contribution is 7.80. The monoisotopic (exact) mass is 480 g/mol. The maximum Gasteiger partial charge on any atom is 0.416 e. The van der Waals surface area contributed by atoms with Gasteiger partial charge >= 0.3 is 6.18 Å². The molecule has 1 aliphatic heterocycles. The fourth-order valence-corrected chi connectivity index (χ4v) is 4.26. The lowest BCUT2D eigenvalue weighted by atomic mass is 9.83. The van der Waals surface area contributed by atoms with Crippen LogP contribution in [0.25, 0.3) is 0 Å². The van der Waals surface area contributed by atoms with Crippen molar-refractivity contribution in [2.24, 2.45) is 5.92 Å². The van der Waals surface area contributed by atoms with Gasteiger partial charge in [-0.3, -0.25) is 20.0 Å². The number of likely N-dealkylation sites (tertiary alicyclic amines) is 1. The molecule has 1 aromatic heterocycles. The van der Waals surface area contributed by atoms with E-state index >= 15 is 0 Å². The quantitative estimate of drug-likeness (QED) is 0.583. The maximum absolute atomic E-state index is 13.5. The summed E-state index contributed by atoms with van der Waals surface area (Å²) in [5, 5.41) is 15.8. The predicted molar refractivity (Wildman–Crippen MR) is 122 cm³/mol. The molecule has 1 aromatic carbocycles. The Hall–Kier alpha value is -2.56. The fourth-order valence-electron chi connectivity index (χ4n) is 3.99.